The van der Waals surface area contributed by atoms with Gasteiger partial charge in [0, 0.05) is 11.4 Å². The average Bonchev–Trinajstić information content (AvgIpc) is 3.13. The second-order valence-electron chi connectivity index (χ2n) is 6.38. The highest BCUT2D eigenvalue weighted by molar-refractivity contribution is 7.91. The molecule has 8 heteroatoms. The van der Waals surface area contributed by atoms with E-state index in [4.69, 9.17) is 0 Å². The van der Waals surface area contributed by atoms with Crippen LogP contribution in [0.15, 0.2) is 64.5 Å². The molecule has 2 heterocycles. The molecule has 1 unspecified atom stereocenters. The number of benzene rings is 2. The number of rotatable bonds is 5. The van der Waals surface area contributed by atoms with Gasteiger partial charge in [-0.05, 0) is 37.6 Å². The summed E-state index contributed by atoms with van der Waals surface area (Å²) in [6, 6.07) is 16.0. The Bertz CT molecular complexity index is 1220. The predicted octanol–water partition coefficient (Wildman–Crippen LogP) is 3.32. The van der Waals surface area contributed by atoms with Crippen molar-refractivity contribution in [3.63, 3.8) is 0 Å². The van der Waals surface area contributed by atoms with Gasteiger partial charge in [0.05, 0.1) is 10.4 Å². The zero-order valence-corrected chi connectivity index (χ0v) is 15.8. The monoisotopic (exact) mass is 381 g/mol. The summed E-state index contributed by atoms with van der Waals surface area (Å²) < 4.78 is 27.6. The van der Waals surface area contributed by atoms with Gasteiger partial charge in [-0.3, -0.25) is 0 Å². The predicted molar refractivity (Wildman–Crippen MR) is 104 cm³/mol. The van der Waals surface area contributed by atoms with Gasteiger partial charge in [-0.15, -0.1) is 5.10 Å². The lowest BCUT2D eigenvalue weighted by molar-refractivity contribution is 0.592. The smallest absolute Gasteiger partial charge is 0.229 e. The van der Waals surface area contributed by atoms with E-state index in [1.807, 2.05) is 24.3 Å². The molecule has 2 aromatic heterocycles. The number of para-hydroxylation sites is 1. The second-order valence-corrected chi connectivity index (χ2v) is 8.24. The van der Waals surface area contributed by atoms with Crippen molar-refractivity contribution < 1.29 is 8.42 Å². The van der Waals surface area contributed by atoms with Crippen LogP contribution < -0.4 is 5.32 Å². The molecule has 0 saturated heterocycles. The molecule has 7 nitrogen and oxygen atoms in total. The largest absolute Gasteiger partial charge is 0.367 e. The number of fused-ring (bicyclic) bond motifs is 3. The van der Waals surface area contributed by atoms with Gasteiger partial charge in [0.25, 0.3) is 0 Å². The van der Waals surface area contributed by atoms with Crippen molar-refractivity contribution in [1.29, 1.82) is 0 Å². The van der Waals surface area contributed by atoms with E-state index in [9.17, 15) is 8.42 Å². The van der Waals surface area contributed by atoms with E-state index in [0.717, 1.165) is 17.3 Å². The SMILES string of the molecule is CCC(C)Nc1nc2c(S(=O)(=O)c3ccccc3)nnn2c2ccccc12. The van der Waals surface area contributed by atoms with Crippen molar-refractivity contribution in [2.24, 2.45) is 0 Å². The number of hydrogen-bond acceptors (Lipinski definition) is 6. The van der Waals surface area contributed by atoms with E-state index in [0.29, 0.717) is 5.82 Å². The van der Waals surface area contributed by atoms with E-state index in [1.54, 1.807) is 30.3 Å². The number of hydrogen-bond donors (Lipinski definition) is 1. The summed E-state index contributed by atoms with van der Waals surface area (Å²) >= 11 is 0. The van der Waals surface area contributed by atoms with Gasteiger partial charge in [0.1, 0.15) is 5.82 Å². The molecule has 0 amide bonds. The molecule has 4 aromatic rings. The molecule has 4 rings (SSSR count). The van der Waals surface area contributed by atoms with Crippen molar-refractivity contribution in [2.45, 2.75) is 36.2 Å². The van der Waals surface area contributed by atoms with E-state index in [2.05, 4.69) is 34.5 Å². The van der Waals surface area contributed by atoms with E-state index < -0.39 is 9.84 Å². The highest BCUT2D eigenvalue weighted by Crippen LogP contribution is 2.28. The van der Waals surface area contributed by atoms with Gasteiger partial charge in [-0.2, -0.15) is 4.52 Å². The maximum atomic E-state index is 13.1. The van der Waals surface area contributed by atoms with Crippen molar-refractivity contribution in [1.82, 2.24) is 19.8 Å². The summed E-state index contributed by atoms with van der Waals surface area (Å²) in [5, 5.41) is 12.1. The molecule has 0 fully saturated rings. The lowest BCUT2D eigenvalue weighted by Crippen LogP contribution is -2.15. The first-order chi connectivity index (χ1) is 13.0. The van der Waals surface area contributed by atoms with Crippen LogP contribution in [0.1, 0.15) is 20.3 Å². The normalized spacial score (nSPS) is 13.1. The van der Waals surface area contributed by atoms with Gasteiger partial charge in [-0.1, -0.05) is 42.5 Å². The number of anilines is 1. The maximum Gasteiger partial charge on any atom is 0.229 e. The highest BCUT2D eigenvalue weighted by atomic mass is 32.2. The molecule has 138 valence electrons. The van der Waals surface area contributed by atoms with E-state index in [-0.39, 0.29) is 21.6 Å². The Kier molecular flexibility index (Phi) is 4.27. The summed E-state index contributed by atoms with van der Waals surface area (Å²) in [5.74, 6) is 0.624. The minimum Gasteiger partial charge on any atom is -0.367 e. The average molecular weight is 381 g/mol. The summed E-state index contributed by atoms with van der Waals surface area (Å²) in [4.78, 5) is 4.76. The topological polar surface area (TPSA) is 89.2 Å². The summed E-state index contributed by atoms with van der Waals surface area (Å²) in [6.07, 6.45) is 0.911. The quantitative estimate of drug-likeness (QED) is 0.570. The van der Waals surface area contributed by atoms with Gasteiger partial charge in [0.15, 0.2) is 5.65 Å². The zero-order valence-electron chi connectivity index (χ0n) is 15.0. The van der Waals surface area contributed by atoms with Crippen LogP contribution in [0.2, 0.25) is 0 Å². The Morgan fingerprint density at radius 2 is 1.78 bits per heavy atom. The first-order valence-corrected chi connectivity index (χ1v) is 10.2. The standard InChI is InChI=1S/C19H19N5O2S/c1-3-13(2)20-17-15-11-7-8-12-16(15)24-18(21-17)19(22-23-24)27(25,26)14-9-5-4-6-10-14/h4-13H,3H2,1-2H3,(H,20,21). The fraction of sp³-hybridized carbons (Fsp3) is 0.211. The maximum absolute atomic E-state index is 13.1. The molecule has 2 aromatic carbocycles. The van der Waals surface area contributed by atoms with Crippen molar-refractivity contribution in [3.05, 3.63) is 54.6 Å². The number of nitrogens with one attached hydrogen (secondary N) is 1. The van der Waals surface area contributed by atoms with Crippen LogP contribution in [0.25, 0.3) is 16.6 Å². The van der Waals surface area contributed by atoms with Gasteiger partial charge in [0.2, 0.25) is 14.9 Å². The third kappa shape index (κ3) is 2.91. The van der Waals surface area contributed by atoms with Crippen LogP contribution in [0.4, 0.5) is 5.82 Å². The molecule has 0 radical (unpaired) electrons. The fourth-order valence-electron chi connectivity index (χ4n) is 2.88. The molecular formula is C19H19N5O2S. The van der Waals surface area contributed by atoms with Crippen LogP contribution in [-0.2, 0) is 9.84 Å². The Morgan fingerprint density at radius 3 is 2.52 bits per heavy atom. The second kappa shape index (κ2) is 6.62. The number of sulfone groups is 1. The lowest BCUT2D eigenvalue weighted by Gasteiger charge is -2.14. The zero-order chi connectivity index (χ0) is 19.0. The van der Waals surface area contributed by atoms with Crippen molar-refractivity contribution in [2.75, 3.05) is 5.32 Å². The van der Waals surface area contributed by atoms with Crippen LogP contribution >= 0.6 is 0 Å². The molecule has 0 spiro atoms. The highest BCUT2D eigenvalue weighted by Gasteiger charge is 2.27. The molecule has 0 aliphatic carbocycles. The molecule has 1 atom stereocenters. The molecule has 0 saturated carbocycles. The van der Waals surface area contributed by atoms with Crippen LogP contribution in [-0.4, -0.2) is 34.3 Å². The Balaban J connectivity index is 2.00. The third-order valence-electron chi connectivity index (χ3n) is 4.53. The molecule has 27 heavy (non-hydrogen) atoms. The van der Waals surface area contributed by atoms with E-state index >= 15 is 0 Å². The summed E-state index contributed by atoms with van der Waals surface area (Å²) in [5.41, 5.74) is 0.957. The minimum atomic E-state index is -3.83. The third-order valence-corrected chi connectivity index (χ3v) is 6.19. The molecular weight excluding hydrogens is 362 g/mol. The van der Waals surface area contributed by atoms with Crippen molar-refractivity contribution in [3.8, 4) is 0 Å². The Morgan fingerprint density at radius 1 is 1.07 bits per heavy atom. The Labute approximate surface area is 157 Å². The molecule has 0 bridgehead atoms. The summed E-state index contributed by atoms with van der Waals surface area (Å²) in [6.45, 7) is 4.13. The van der Waals surface area contributed by atoms with Crippen LogP contribution in [0.5, 0.6) is 0 Å². The minimum absolute atomic E-state index is 0.147. The van der Waals surface area contributed by atoms with Crippen molar-refractivity contribution >= 4 is 32.2 Å². The fourth-order valence-corrected chi connectivity index (χ4v) is 4.13. The molecule has 0 aliphatic heterocycles. The van der Waals surface area contributed by atoms with Crippen LogP contribution in [0.3, 0.4) is 0 Å². The lowest BCUT2D eigenvalue weighted by atomic mass is 10.2. The van der Waals surface area contributed by atoms with E-state index in [1.165, 1.54) is 4.52 Å². The first kappa shape index (κ1) is 17.4. The summed E-state index contributed by atoms with van der Waals surface area (Å²) in [7, 11) is -3.83. The van der Waals surface area contributed by atoms with Gasteiger partial charge in [-0.25, -0.2) is 13.4 Å². The number of aromatic nitrogens is 4. The number of nitrogens with zero attached hydrogens (tertiary/aromatic N) is 4. The van der Waals surface area contributed by atoms with Crippen LogP contribution in [0, 0.1) is 0 Å². The Hall–Kier alpha value is -3.00. The first-order valence-electron chi connectivity index (χ1n) is 8.73. The van der Waals surface area contributed by atoms with Gasteiger partial charge >= 0.3 is 0 Å². The molecule has 1 N–H and O–H groups in total. The van der Waals surface area contributed by atoms with Gasteiger partial charge < -0.3 is 5.32 Å². The molecule has 0 aliphatic rings.